The number of rotatable bonds is 6. The second kappa shape index (κ2) is 9.55. The van der Waals surface area contributed by atoms with Crippen molar-refractivity contribution < 1.29 is 33.4 Å². The largest absolute Gasteiger partial charge is 0.483 e. The molecule has 1 aromatic heterocycles. The summed E-state index contributed by atoms with van der Waals surface area (Å²) >= 11 is 7.07. The number of fused-ring (bicyclic) bond motifs is 1. The standard InChI is InChI=1S/C23H20ClFN2O6S/c24-14-9-16-13(8-15(14)25)19(21(29)27(16)23(26)32)20(18-6-3-7-34-18)33-10-17(28)11-4-1-2-5-12(11)22(30)31/h3,6-9,11-12H,1-2,4-5,10H2,(H2,26,32)(H,30,31). The molecule has 1 saturated carbocycles. The van der Waals surface area contributed by atoms with E-state index in [0.29, 0.717) is 22.6 Å². The SMILES string of the molecule is NC(=O)N1C(=O)C(=C(OCC(=O)C2CCCCC2C(=O)O)c2cccs2)c2cc(F)c(Cl)cc21. The number of hydrogen-bond donors (Lipinski definition) is 2. The number of primary amides is 1. The number of nitrogens with two attached hydrogens (primary N) is 1. The van der Waals surface area contributed by atoms with Crippen molar-refractivity contribution in [3.63, 3.8) is 0 Å². The number of halogens is 2. The molecule has 1 aromatic carbocycles. The molecule has 2 unspecified atom stereocenters. The Morgan fingerprint density at radius 3 is 2.56 bits per heavy atom. The van der Waals surface area contributed by atoms with Crippen molar-refractivity contribution in [2.24, 2.45) is 17.6 Å². The van der Waals surface area contributed by atoms with E-state index in [4.69, 9.17) is 22.1 Å². The van der Waals surface area contributed by atoms with Crippen LogP contribution in [0.15, 0.2) is 29.6 Å². The maximum atomic E-state index is 14.3. The number of aliphatic carboxylic acids is 1. The second-order valence-electron chi connectivity index (χ2n) is 8.03. The Balaban J connectivity index is 1.75. The van der Waals surface area contributed by atoms with Crippen molar-refractivity contribution in [3.05, 3.63) is 50.9 Å². The van der Waals surface area contributed by atoms with Crippen LogP contribution < -0.4 is 10.6 Å². The Hall–Kier alpha value is -3.24. The number of hydrogen-bond acceptors (Lipinski definition) is 6. The quantitative estimate of drug-likeness (QED) is 0.444. The summed E-state index contributed by atoms with van der Waals surface area (Å²) in [6.07, 6.45) is 2.31. The molecule has 3 amide bonds. The van der Waals surface area contributed by atoms with E-state index in [2.05, 4.69) is 0 Å². The summed E-state index contributed by atoms with van der Waals surface area (Å²) in [7, 11) is 0. The Kier molecular flexibility index (Phi) is 6.72. The van der Waals surface area contributed by atoms with Crippen LogP contribution in [0.3, 0.4) is 0 Å². The van der Waals surface area contributed by atoms with Gasteiger partial charge in [-0.2, -0.15) is 0 Å². The number of nitrogens with zero attached hydrogens (tertiary/aromatic N) is 1. The number of carboxylic acid groups (broad SMARTS) is 1. The number of amides is 3. The van der Waals surface area contributed by atoms with Crippen LogP contribution >= 0.6 is 22.9 Å². The van der Waals surface area contributed by atoms with E-state index in [1.165, 1.54) is 11.3 Å². The van der Waals surface area contributed by atoms with Crippen molar-refractivity contribution >= 4 is 63.6 Å². The van der Waals surface area contributed by atoms with Crippen molar-refractivity contribution in [1.29, 1.82) is 0 Å². The average Bonchev–Trinajstić information content (AvgIpc) is 3.41. The molecule has 0 bridgehead atoms. The van der Waals surface area contributed by atoms with Crippen LogP contribution in [0.4, 0.5) is 14.9 Å². The van der Waals surface area contributed by atoms with Crippen molar-refractivity contribution in [2.45, 2.75) is 25.7 Å². The molecule has 0 radical (unpaired) electrons. The minimum absolute atomic E-state index is 0.00102. The van der Waals surface area contributed by atoms with Gasteiger partial charge in [-0.15, -0.1) is 11.3 Å². The highest BCUT2D eigenvalue weighted by Gasteiger charge is 2.41. The molecule has 1 aliphatic heterocycles. The number of thiophene rings is 1. The zero-order valence-corrected chi connectivity index (χ0v) is 19.3. The fourth-order valence-corrected chi connectivity index (χ4v) is 5.32. The van der Waals surface area contributed by atoms with Crippen LogP contribution in [0.1, 0.15) is 36.1 Å². The Morgan fingerprint density at radius 1 is 1.24 bits per heavy atom. The summed E-state index contributed by atoms with van der Waals surface area (Å²) in [5, 5.41) is 10.9. The van der Waals surface area contributed by atoms with Crippen molar-refractivity contribution in [2.75, 3.05) is 11.5 Å². The first kappa shape index (κ1) is 23.9. The Morgan fingerprint density at radius 2 is 1.94 bits per heavy atom. The summed E-state index contributed by atoms with van der Waals surface area (Å²) in [6.45, 7) is -0.486. The summed E-state index contributed by atoms with van der Waals surface area (Å²) in [5.74, 6) is -4.61. The highest BCUT2D eigenvalue weighted by atomic mass is 35.5. The van der Waals surface area contributed by atoms with Crippen LogP contribution in [0.2, 0.25) is 5.02 Å². The predicted molar refractivity (Wildman–Crippen MR) is 124 cm³/mol. The molecule has 3 N–H and O–H groups in total. The van der Waals surface area contributed by atoms with Gasteiger partial charge in [-0.3, -0.25) is 14.4 Å². The van der Waals surface area contributed by atoms with Crippen LogP contribution in [-0.4, -0.2) is 35.4 Å². The van der Waals surface area contributed by atoms with Crippen LogP contribution in [0.5, 0.6) is 0 Å². The number of carboxylic acids is 1. The number of ketones is 1. The van der Waals surface area contributed by atoms with Gasteiger partial charge < -0.3 is 15.6 Å². The Labute approximate surface area is 202 Å². The number of carbonyl (C=O) groups excluding carboxylic acids is 3. The highest BCUT2D eigenvalue weighted by Crippen LogP contribution is 2.44. The van der Waals surface area contributed by atoms with Crippen LogP contribution in [-0.2, 0) is 19.1 Å². The molecule has 178 valence electrons. The lowest BCUT2D eigenvalue weighted by Gasteiger charge is -2.27. The van der Waals surface area contributed by atoms with Gasteiger partial charge in [-0.25, -0.2) is 14.1 Å². The molecule has 0 saturated heterocycles. The number of urea groups is 1. The molecule has 2 aromatic rings. The third-order valence-electron chi connectivity index (χ3n) is 6.01. The second-order valence-corrected chi connectivity index (χ2v) is 9.39. The highest BCUT2D eigenvalue weighted by molar-refractivity contribution is 7.11. The molecule has 11 heteroatoms. The zero-order valence-electron chi connectivity index (χ0n) is 17.8. The lowest BCUT2D eigenvalue weighted by atomic mass is 9.77. The van der Waals surface area contributed by atoms with Gasteiger partial charge in [0.05, 0.1) is 27.1 Å². The van der Waals surface area contributed by atoms with E-state index < -0.39 is 48.0 Å². The molecule has 1 aliphatic carbocycles. The molecule has 8 nitrogen and oxygen atoms in total. The van der Waals surface area contributed by atoms with E-state index in [1.807, 2.05) is 0 Å². The van der Waals surface area contributed by atoms with Gasteiger partial charge in [0.1, 0.15) is 12.4 Å². The molecule has 2 aliphatic rings. The minimum Gasteiger partial charge on any atom is -0.483 e. The third kappa shape index (κ3) is 4.30. The van der Waals surface area contributed by atoms with Gasteiger partial charge >= 0.3 is 12.0 Å². The monoisotopic (exact) mass is 506 g/mol. The van der Waals surface area contributed by atoms with Crippen molar-refractivity contribution in [1.82, 2.24) is 0 Å². The number of benzene rings is 1. The smallest absolute Gasteiger partial charge is 0.326 e. The third-order valence-corrected chi connectivity index (χ3v) is 7.17. The van der Waals surface area contributed by atoms with Gasteiger partial charge in [0.15, 0.2) is 11.5 Å². The lowest BCUT2D eigenvalue weighted by molar-refractivity contribution is -0.148. The topological polar surface area (TPSA) is 127 Å². The van der Waals surface area contributed by atoms with E-state index in [1.54, 1.807) is 17.5 Å². The first-order chi connectivity index (χ1) is 16.2. The lowest BCUT2D eigenvalue weighted by Crippen LogP contribution is -2.38. The molecule has 1 fully saturated rings. The molecular weight excluding hydrogens is 487 g/mol. The predicted octanol–water partition coefficient (Wildman–Crippen LogP) is 4.31. The summed E-state index contributed by atoms with van der Waals surface area (Å²) in [6, 6.07) is 4.39. The number of anilines is 1. The fraction of sp³-hybridized carbons (Fsp3) is 0.304. The number of Topliss-reactive ketones (excluding diaryl/α,β-unsaturated/α-hetero) is 1. The summed E-state index contributed by atoms with van der Waals surface area (Å²) in [5.41, 5.74) is 5.30. The van der Waals surface area contributed by atoms with Crippen molar-refractivity contribution in [3.8, 4) is 0 Å². The zero-order chi connectivity index (χ0) is 24.6. The Bertz CT molecular complexity index is 1210. The van der Waals surface area contributed by atoms with Gasteiger partial charge in [-0.1, -0.05) is 30.5 Å². The van der Waals surface area contributed by atoms with E-state index in [-0.39, 0.29) is 27.6 Å². The van der Waals surface area contributed by atoms with Crippen LogP contribution in [0, 0.1) is 17.7 Å². The van der Waals surface area contributed by atoms with Gasteiger partial charge in [0, 0.05) is 11.5 Å². The minimum atomic E-state index is -1.09. The molecule has 2 atom stereocenters. The molecule has 2 heterocycles. The molecule has 4 rings (SSSR count). The van der Waals surface area contributed by atoms with E-state index in [0.717, 1.165) is 25.0 Å². The molecule has 0 spiro atoms. The van der Waals surface area contributed by atoms with E-state index in [9.17, 15) is 28.7 Å². The number of carbonyl (C=O) groups is 4. The number of imide groups is 1. The maximum Gasteiger partial charge on any atom is 0.326 e. The van der Waals surface area contributed by atoms with Gasteiger partial charge in [0.2, 0.25) is 0 Å². The van der Waals surface area contributed by atoms with Crippen LogP contribution in [0.25, 0.3) is 11.3 Å². The summed E-state index contributed by atoms with van der Waals surface area (Å²) in [4.78, 5) is 50.9. The van der Waals surface area contributed by atoms with E-state index >= 15 is 0 Å². The molecule has 34 heavy (non-hydrogen) atoms. The normalized spacial score (nSPS) is 21.2. The number of ether oxygens (including phenoxy) is 1. The summed E-state index contributed by atoms with van der Waals surface area (Å²) < 4.78 is 20.2. The average molecular weight is 507 g/mol. The van der Waals surface area contributed by atoms with Gasteiger partial charge in [0.25, 0.3) is 5.91 Å². The fourth-order valence-electron chi connectivity index (χ4n) is 4.43. The maximum absolute atomic E-state index is 14.3. The van der Waals surface area contributed by atoms with Gasteiger partial charge in [-0.05, 0) is 36.4 Å². The first-order valence-corrected chi connectivity index (χ1v) is 11.8. The molecular formula is C23H20ClFN2O6S. The first-order valence-electron chi connectivity index (χ1n) is 10.5.